The molecule has 1 fully saturated rings. The molecule has 7 aromatic carbocycles. The van der Waals surface area contributed by atoms with Gasteiger partial charge in [0.05, 0.1) is 28.0 Å². The Morgan fingerprint density at radius 2 is 1.30 bits per heavy atom. The molecule has 71 heavy (non-hydrogen) atoms. The van der Waals surface area contributed by atoms with Crippen molar-refractivity contribution in [2.75, 3.05) is 0 Å². The van der Waals surface area contributed by atoms with Crippen LogP contribution in [0.1, 0.15) is 130 Å². The number of benzene rings is 7. The topological polar surface area (TPSA) is 64.1 Å². The molecule has 0 spiro atoms. The maximum atomic E-state index is 12.7. The van der Waals surface area contributed by atoms with Gasteiger partial charge >= 0.3 is 0 Å². The zero-order valence-electron chi connectivity index (χ0n) is 43.5. The number of rotatable bonds is 6. The largest absolute Gasteiger partial charge is 0.507 e. The van der Waals surface area contributed by atoms with Crippen LogP contribution in [-0.4, -0.2) is 19.6 Å². The van der Waals surface area contributed by atoms with Crippen LogP contribution in [0.5, 0.6) is 5.75 Å². The van der Waals surface area contributed by atoms with Crippen molar-refractivity contribution in [2.24, 2.45) is 5.41 Å². The smallest absolute Gasteiger partial charge is 0.149 e. The van der Waals surface area contributed by atoms with Gasteiger partial charge in [-0.15, -0.1) is 0 Å². The zero-order chi connectivity index (χ0) is 49.8. The summed E-state index contributed by atoms with van der Waals surface area (Å²) in [5.74, 6) is 1.43. The van der Waals surface area contributed by atoms with E-state index in [2.05, 4.69) is 220 Å². The summed E-state index contributed by atoms with van der Waals surface area (Å²) >= 11 is 0. The highest BCUT2D eigenvalue weighted by Crippen LogP contribution is 2.49. The summed E-state index contributed by atoms with van der Waals surface area (Å²) in [5, 5.41) is 17.0. The van der Waals surface area contributed by atoms with Crippen molar-refractivity contribution >= 4 is 43.7 Å². The molecule has 5 heteroatoms. The molecule has 5 nitrogen and oxygen atoms in total. The van der Waals surface area contributed by atoms with E-state index in [1.165, 1.54) is 36.8 Å². The van der Waals surface area contributed by atoms with Crippen molar-refractivity contribution in [3.05, 3.63) is 168 Å². The summed E-state index contributed by atoms with van der Waals surface area (Å²) in [5.41, 5.74) is 15.5. The maximum Gasteiger partial charge on any atom is 0.149 e. The van der Waals surface area contributed by atoms with Crippen LogP contribution in [0.25, 0.3) is 94.3 Å². The fourth-order valence-corrected chi connectivity index (χ4v) is 11.1. The number of phenols is 1. The number of imidazole rings is 1. The van der Waals surface area contributed by atoms with E-state index in [0.29, 0.717) is 22.7 Å². The van der Waals surface area contributed by atoms with Crippen LogP contribution in [0.3, 0.4) is 0 Å². The first-order chi connectivity index (χ1) is 33.7. The molecule has 0 unspecified atom stereocenters. The Kier molecular flexibility index (Phi) is 11.0. The molecule has 10 aromatic rings. The average Bonchev–Trinajstić information content (AvgIpc) is 3.92. The molecule has 0 aliphatic heterocycles. The third-order valence-corrected chi connectivity index (χ3v) is 15.5. The molecule has 0 amide bonds. The van der Waals surface area contributed by atoms with Crippen molar-refractivity contribution in [1.29, 1.82) is 0 Å². The predicted molar refractivity (Wildman–Crippen MR) is 298 cm³/mol. The van der Waals surface area contributed by atoms with E-state index in [9.17, 15) is 5.11 Å². The van der Waals surface area contributed by atoms with Gasteiger partial charge in [0.1, 0.15) is 22.7 Å². The number of phenolic OH excluding ortho intramolecular Hbond substituents is 1. The van der Waals surface area contributed by atoms with Crippen LogP contribution in [-0.2, 0) is 16.2 Å². The monoisotopic (exact) mass is 934 g/mol. The molecule has 0 radical (unpaired) electrons. The number of para-hydroxylation sites is 1. The van der Waals surface area contributed by atoms with Crippen LogP contribution < -0.4 is 0 Å². The number of hydrogen-bond donors (Lipinski definition) is 1. The number of fused-ring (bicyclic) bond motifs is 6. The van der Waals surface area contributed by atoms with Gasteiger partial charge in [0.25, 0.3) is 0 Å². The van der Waals surface area contributed by atoms with Gasteiger partial charge in [0.2, 0.25) is 0 Å². The SMILES string of the molecule is CC1(C)CCC(c2ccnc(-c3cc(-c4cccc5c4nc(-c4cc(C(C)(C)C)cc(C(C)(C)C)c4O)n5-c4ccc(C(C)(C)C)cc4-c4ccccc4)c4oc5c6ccccc6ccc5c4c3)c2)CC1. The number of aromatic nitrogens is 3. The van der Waals surface area contributed by atoms with E-state index in [4.69, 9.17) is 14.4 Å². The van der Waals surface area contributed by atoms with E-state index >= 15 is 0 Å². The zero-order valence-corrected chi connectivity index (χ0v) is 43.5. The van der Waals surface area contributed by atoms with E-state index in [1.54, 1.807) is 0 Å². The summed E-state index contributed by atoms with van der Waals surface area (Å²) in [4.78, 5) is 10.9. The molecule has 1 aliphatic carbocycles. The first kappa shape index (κ1) is 46.4. The Hall–Kier alpha value is -6.98. The van der Waals surface area contributed by atoms with Crippen molar-refractivity contribution < 1.29 is 9.52 Å². The summed E-state index contributed by atoms with van der Waals surface area (Å²) in [6, 6.07) is 50.4. The van der Waals surface area contributed by atoms with Crippen LogP contribution in [0.4, 0.5) is 0 Å². The lowest BCUT2D eigenvalue weighted by molar-refractivity contribution is 0.224. The number of furan rings is 1. The van der Waals surface area contributed by atoms with Crippen molar-refractivity contribution in [3.8, 4) is 56.3 Å². The lowest BCUT2D eigenvalue weighted by Gasteiger charge is -2.34. The van der Waals surface area contributed by atoms with E-state index in [0.717, 1.165) is 94.1 Å². The van der Waals surface area contributed by atoms with Gasteiger partial charge in [-0.05, 0) is 135 Å². The van der Waals surface area contributed by atoms with Crippen molar-refractivity contribution in [2.45, 2.75) is 124 Å². The van der Waals surface area contributed by atoms with Gasteiger partial charge in [-0.2, -0.15) is 0 Å². The normalized spacial score (nSPS) is 14.9. The molecule has 3 aromatic heterocycles. The number of pyridine rings is 1. The highest BCUT2D eigenvalue weighted by molar-refractivity contribution is 6.19. The molecule has 0 atom stereocenters. The molecule has 1 saturated carbocycles. The Morgan fingerprint density at radius 3 is 2.03 bits per heavy atom. The maximum absolute atomic E-state index is 12.7. The average molecular weight is 934 g/mol. The predicted octanol–water partition coefficient (Wildman–Crippen LogP) is 18.4. The molecule has 0 bridgehead atoms. The number of aromatic hydroxyl groups is 1. The molecular weight excluding hydrogens is 867 g/mol. The lowest BCUT2D eigenvalue weighted by Crippen LogP contribution is -2.20. The number of nitrogens with zero attached hydrogens (tertiary/aromatic N) is 3. The van der Waals surface area contributed by atoms with Crippen LogP contribution >= 0.6 is 0 Å². The molecule has 3 heterocycles. The van der Waals surface area contributed by atoms with Gasteiger partial charge in [-0.25, -0.2) is 4.98 Å². The second-order valence-corrected chi connectivity index (χ2v) is 24.3. The quantitative estimate of drug-likeness (QED) is 0.180. The van der Waals surface area contributed by atoms with E-state index < -0.39 is 0 Å². The van der Waals surface area contributed by atoms with Crippen molar-refractivity contribution in [3.63, 3.8) is 0 Å². The second-order valence-electron chi connectivity index (χ2n) is 24.3. The Balaban J connectivity index is 1.24. The molecule has 1 aliphatic rings. The van der Waals surface area contributed by atoms with E-state index in [-0.39, 0.29) is 22.0 Å². The van der Waals surface area contributed by atoms with Crippen LogP contribution in [0.2, 0.25) is 0 Å². The molecule has 11 rings (SSSR count). The Morgan fingerprint density at radius 1 is 0.577 bits per heavy atom. The minimum Gasteiger partial charge on any atom is -0.507 e. The minimum atomic E-state index is -0.345. The van der Waals surface area contributed by atoms with Crippen LogP contribution in [0, 0.1) is 5.41 Å². The molecule has 358 valence electrons. The van der Waals surface area contributed by atoms with Crippen molar-refractivity contribution in [1.82, 2.24) is 14.5 Å². The fourth-order valence-electron chi connectivity index (χ4n) is 11.1. The van der Waals surface area contributed by atoms with Gasteiger partial charge in [-0.1, -0.05) is 161 Å². The molecule has 1 N–H and O–H groups in total. The highest BCUT2D eigenvalue weighted by atomic mass is 16.3. The number of hydrogen-bond acceptors (Lipinski definition) is 4. The summed E-state index contributed by atoms with van der Waals surface area (Å²) < 4.78 is 9.49. The molecule has 0 saturated heterocycles. The Bertz CT molecular complexity index is 3690. The minimum absolute atomic E-state index is 0.0913. The highest BCUT2D eigenvalue weighted by Gasteiger charge is 2.31. The lowest BCUT2D eigenvalue weighted by atomic mass is 9.71. The first-order valence-electron chi connectivity index (χ1n) is 25.7. The fraction of sp³-hybridized carbons (Fsp3) is 0.303. The summed E-state index contributed by atoms with van der Waals surface area (Å²) in [6.45, 7) is 24.9. The summed E-state index contributed by atoms with van der Waals surface area (Å²) in [6.07, 6.45) is 6.82. The third-order valence-electron chi connectivity index (χ3n) is 15.5. The van der Waals surface area contributed by atoms with E-state index in [1.807, 2.05) is 6.20 Å². The first-order valence-corrected chi connectivity index (χ1v) is 25.7. The summed E-state index contributed by atoms with van der Waals surface area (Å²) in [7, 11) is 0. The van der Waals surface area contributed by atoms with Gasteiger partial charge in [0.15, 0.2) is 0 Å². The molecular formula is C66H67N3O2. The van der Waals surface area contributed by atoms with Gasteiger partial charge in [0, 0.05) is 50.2 Å². The van der Waals surface area contributed by atoms with Crippen LogP contribution in [0.15, 0.2) is 150 Å². The van der Waals surface area contributed by atoms with Gasteiger partial charge in [-0.3, -0.25) is 9.55 Å². The third kappa shape index (κ3) is 8.31. The van der Waals surface area contributed by atoms with Gasteiger partial charge < -0.3 is 9.52 Å². The standard InChI is InChI=1S/C66H67N3O2/c1-63(2,3)45-25-27-56(50(37-45)41-18-13-12-14-19-41)69-57-23-17-22-48(58(57)68-62(69)53-38-46(64(4,5)6)39-54(59(53)70)65(7,8)9)51-34-44(55-36-43(30-33-67-55)40-28-31-66(10,11)32-29-40)35-52-49-26-24-42-20-15-16-21-47(42)60(49)71-61(51)52/h12-27,30,33-40,70H,28-29,31-32H2,1-11H3. The second kappa shape index (κ2) is 16.8. The Labute approximate surface area is 419 Å².